The molecule has 1 atom stereocenters. The molecule has 2 rings (SSSR count). The third-order valence-electron chi connectivity index (χ3n) is 2.27. The quantitative estimate of drug-likeness (QED) is 0.824. The Morgan fingerprint density at radius 1 is 1.62 bits per heavy atom. The molecule has 84 valence electrons. The van der Waals surface area contributed by atoms with Crippen LogP contribution in [0.5, 0.6) is 0 Å². The number of ketones is 1. The molecule has 0 fully saturated rings. The molecule has 0 saturated heterocycles. The van der Waals surface area contributed by atoms with Crippen LogP contribution in [0.2, 0.25) is 0 Å². The van der Waals surface area contributed by atoms with Gasteiger partial charge in [0.2, 0.25) is 11.7 Å². The number of hydrogen-bond acceptors (Lipinski definition) is 6. The smallest absolute Gasteiger partial charge is 0.239 e. The number of aromatic amines is 1. The van der Waals surface area contributed by atoms with E-state index < -0.39 is 0 Å². The number of rotatable bonds is 4. The monoisotopic (exact) mass is 221 g/mol. The first-order valence-corrected chi connectivity index (χ1v) is 4.92. The highest BCUT2D eigenvalue weighted by molar-refractivity contribution is 5.82. The third-order valence-corrected chi connectivity index (χ3v) is 2.27. The Hall–Kier alpha value is -2.05. The van der Waals surface area contributed by atoms with Crippen LogP contribution in [0.25, 0.3) is 11.6 Å². The molecule has 1 unspecified atom stereocenters. The standard InChI is InChI=1S/C9H11N5O2/c1-3-6(5(2)15)9-12-8(14-16-9)7-10-4-11-13-7/h4,6H,3H2,1-2H3,(H,10,11,13). The van der Waals surface area contributed by atoms with Crippen LogP contribution in [0.4, 0.5) is 0 Å². The molecule has 0 spiro atoms. The highest BCUT2D eigenvalue weighted by Gasteiger charge is 2.22. The van der Waals surface area contributed by atoms with Gasteiger partial charge in [-0.3, -0.25) is 9.89 Å². The first kappa shape index (κ1) is 10.5. The van der Waals surface area contributed by atoms with E-state index in [9.17, 15) is 4.79 Å². The third kappa shape index (κ3) is 1.83. The fourth-order valence-corrected chi connectivity index (χ4v) is 1.42. The normalized spacial score (nSPS) is 12.6. The van der Waals surface area contributed by atoms with E-state index in [1.165, 1.54) is 13.3 Å². The molecule has 7 heteroatoms. The van der Waals surface area contributed by atoms with Gasteiger partial charge in [-0.1, -0.05) is 12.1 Å². The lowest BCUT2D eigenvalue weighted by molar-refractivity contribution is -0.119. The average molecular weight is 221 g/mol. The zero-order valence-corrected chi connectivity index (χ0v) is 8.97. The second-order valence-electron chi connectivity index (χ2n) is 3.36. The molecule has 0 saturated carbocycles. The van der Waals surface area contributed by atoms with E-state index in [2.05, 4.69) is 25.3 Å². The molecule has 0 aliphatic heterocycles. The fraction of sp³-hybridized carbons (Fsp3) is 0.444. The molecule has 16 heavy (non-hydrogen) atoms. The summed E-state index contributed by atoms with van der Waals surface area (Å²) in [7, 11) is 0. The van der Waals surface area contributed by atoms with Gasteiger partial charge >= 0.3 is 0 Å². The zero-order chi connectivity index (χ0) is 11.5. The minimum absolute atomic E-state index is 0.00951. The molecule has 2 aromatic rings. The fourth-order valence-electron chi connectivity index (χ4n) is 1.42. The Labute approximate surface area is 91.3 Å². The number of aromatic nitrogens is 5. The van der Waals surface area contributed by atoms with Crippen molar-refractivity contribution in [3.05, 3.63) is 12.2 Å². The summed E-state index contributed by atoms with van der Waals surface area (Å²) >= 11 is 0. The summed E-state index contributed by atoms with van der Waals surface area (Å²) in [6.07, 6.45) is 1.99. The molecule has 2 aromatic heterocycles. The van der Waals surface area contributed by atoms with Crippen LogP contribution >= 0.6 is 0 Å². The number of carbonyl (C=O) groups is 1. The van der Waals surface area contributed by atoms with Crippen molar-refractivity contribution in [2.45, 2.75) is 26.2 Å². The van der Waals surface area contributed by atoms with E-state index in [1.54, 1.807) is 0 Å². The number of hydrogen-bond donors (Lipinski definition) is 1. The maximum absolute atomic E-state index is 11.3. The summed E-state index contributed by atoms with van der Waals surface area (Å²) in [6, 6.07) is 0. The van der Waals surface area contributed by atoms with E-state index in [0.29, 0.717) is 24.0 Å². The largest absolute Gasteiger partial charge is 0.338 e. The molecule has 2 heterocycles. The molecule has 0 aliphatic carbocycles. The summed E-state index contributed by atoms with van der Waals surface area (Å²) < 4.78 is 5.03. The second-order valence-corrected chi connectivity index (χ2v) is 3.36. The van der Waals surface area contributed by atoms with Crippen LogP contribution in [-0.2, 0) is 4.79 Å². The van der Waals surface area contributed by atoms with Crippen LogP contribution in [0.3, 0.4) is 0 Å². The van der Waals surface area contributed by atoms with Gasteiger partial charge in [-0.25, -0.2) is 4.98 Å². The van der Waals surface area contributed by atoms with Gasteiger partial charge in [0.1, 0.15) is 12.1 Å². The summed E-state index contributed by atoms with van der Waals surface area (Å²) in [5.74, 6) is 0.724. The SMILES string of the molecule is CCC(C(C)=O)c1nc(-c2ncn[nH]2)no1. The zero-order valence-electron chi connectivity index (χ0n) is 8.97. The first-order chi connectivity index (χ1) is 7.72. The van der Waals surface area contributed by atoms with E-state index in [-0.39, 0.29) is 11.7 Å². The molecule has 0 amide bonds. The molecule has 0 bridgehead atoms. The van der Waals surface area contributed by atoms with Crippen molar-refractivity contribution in [1.82, 2.24) is 25.3 Å². The van der Waals surface area contributed by atoms with E-state index in [1.807, 2.05) is 6.92 Å². The molecule has 1 N–H and O–H groups in total. The van der Waals surface area contributed by atoms with Gasteiger partial charge in [-0.05, 0) is 13.3 Å². The maximum atomic E-state index is 11.3. The van der Waals surface area contributed by atoms with E-state index in [0.717, 1.165) is 0 Å². The number of H-pyrrole nitrogens is 1. The van der Waals surface area contributed by atoms with Crippen molar-refractivity contribution in [1.29, 1.82) is 0 Å². The van der Waals surface area contributed by atoms with Gasteiger partial charge in [0.25, 0.3) is 0 Å². The van der Waals surface area contributed by atoms with Crippen molar-refractivity contribution < 1.29 is 9.32 Å². The summed E-state index contributed by atoms with van der Waals surface area (Å²) in [5, 5.41) is 10.0. The number of nitrogens with zero attached hydrogens (tertiary/aromatic N) is 4. The summed E-state index contributed by atoms with van der Waals surface area (Å²) in [4.78, 5) is 19.3. The maximum Gasteiger partial charge on any atom is 0.239 e. The van der Waals surface area contributed by atoms with Gasteiger partial charge in [0.05, 0.1) is 5.92 Å². The van der Waals surface area contributed by atoms with Gasteiger partial charge in [0, 0.05) is 0 Å². The molecule has 0 aliphatic rings. The van der Waals surface area contributed by atoms with Crippen molar-refractivity contribution >= 4 is 5.78 Å². The lowest BCUT2D eigenvalue weighted by Crippen LogP contribution is -2.07. The highest BCUT2D eigenvalue weighted by Crippen LogP contribution is 2.20. The number of nitrogens with one attached hydrogen (secondary N) is 1. The first-order valence-electron chi connectivity index (χ1n) is 4.92. The van der Waals surface area contributed by atoms with Crippen LogP contribution < -0.4 is 0 Å². The topological polar surface area (TPSA) is 97.6 Å². The average Bonchev–Trinajstić information content (AvgIpc) is 2.86. The van der Waals surface area contributed by atoms with Gasteiger partial charge < -0.3 is 4.52 Å². The molecule has 0 aromatic carbocycles. The number of Topliss-reactive ketones (excluding diaryl/α,β-unsaturated/α-hetero) is 1. The lowest BCUT2D eigenvalue weighted by atomic mass is 10.0. The Morgan fingerprint density at radius 3 is 3.00 bits per heavy atom. The number of carbonyl (C=O) groups excluding carboxylic acids is 1. The molecular weight excluding hydrogens is 210 g/mol. The van der Waals surface area contributed by atoms with Gasteiger partial charge in [0.15, 0.2) is 5.82 Å². The summed E-state index contributed by atoms with van der Waals surface area (Å²) in [5.41, 5.74) is 0. The predicted octanol–water partition coefficient (Wildman–Crippen LogP) is 0.937. The minimum Gasteiger partial charge on any atom is -0.338 e. The van der Waals surface area contributed by atoms with E-state index >= 15 is 0 Å². The Morgan fingerprint density at radius 2 is 2.44 bits per heavy atom. The van der Waals surface area contributed by atoms with Crippen molar-refractivity contribution in [2.24, 2.45) is 0 Å². The Kier molecular flexibility index (Phi) is 2.76. The van der Waals surface area contributed by atoms with E-state index in [4.69, 9.17) is 4.52 Å². The van der Waals surface area contributed by atoms with Crippen molar-refractivity contribution in [3.63, 3.8) is 0 Å². The Bertz CT molecular complexity index is 476. The predicted molar refractivity (Wildman–Crippen MR) is 53.4 cm³/mol. The second kappa shape index (κ2) is 4.21. The molecular formula is C9H11N5O2. The van der Waals surface area contributed by atoms with Crippen molar-refractivity contribution in [2.75, 3.05) is 0 Å². The summed E-state index contributed by atoms with van der Waals surface area (Å²) in [6.45, 7) is 3.40. The molecule has 7 nitrogen and oxygen atoms in total. The van der Waals surface area contributed by atoms with Crippen LogP contribution in [0.15, 0.2) is 10.9 Å². The van der Waals surface area contributed by atoms with Gasteiger partial charge in [-0.15, -0.1) is 0 Å². The Balaban J connectivity index is 2.29. The van der Waals surface area contributed by atoms with Crippen LogP contribution in [0, 0.1) is 0 Å². The van der Waals surface area contributed by atoms with Crippen LogP contribution in [-0.4, -0.2) is 31.1 Å². The van der Waals surface area contributed by atoms with Crippen LogP contribution in [0.1, 0.15) is 32.1 Å². The highest BCUT2D eigenvalue weighted by atomic mass is 16.5. The minimum atomic E-state index is -0.343. The van der Waals surface area contributed by atoms with Gasteiger partial charge in [-0.2, -0.15) is 10.1 Å². The molecule has 0 radical (unpaired) electrons. The van der Waals surface area contributed by atoms with Crippen molar-refractivity contribution in [3.8, 4) is 11.6 Å². The lowest BCUT2D eigenvalue weighted by Gasteiger charge is -2.03.